The Morgan fingerprint density at radius 2 is 1.70 bits per heavy atom. The Labute approximate surface area is 170 Å². The van der Waals surface area contributed by atoms with Crippen molar-refractivity contribution in [2.75, 3.05) is 19.0 Å². The van der Waals surface area contributed by atoms with Gasteiger partial charge in [0.25, 0.3) is 5.91 Å². The number of hydrogen-bond acceptors (Lipinski definition) is 5. The standard InChI is InChI=1S/C18H22N4O3.2ClH/c1-12(21-18(24)16(19)11-25-2)13-3-5-15(6-4-13)22-17(23)14-7-9-20-10-8-14;;/h3-10,12,16H,11,19H2,1-2H3,(H,21,24)(H,22,23);2*1H. The number of nitrogens with one attached hydrogen (secondary N) is 2. The Balaban J connectivity index is 0.00000338. The highest BCUT2D eigenvalue weighted by Crippen LogP contribution is 2.17. The number of rotatable bonds is 7. The molecule has 9 heteroatoms. The van der Waals surface area contributed by atoms with Gasteiger partial charge in [0.1, 0.15) is 6.04 Å². The lowest BCUT2D eigenvalue weighted by atomic mass is 10.1. The van der Waals surface area contributed by atoms with E-state index in [1.165, 1.54) is 7.11 Å². The van der Waals surface area contributed by atoms with Gasteiger partial charge in [-0.3, -0.25) is 14.6 Å². The Morgan fingerprint density at radius 3 is 2.26 bits per heavy atom. The highest BCUT2D eigenvalue weighted by atomic mass is 35.5. The van der Waals surface area contributed by atoms with Gasteiger partial charge in [-0.15, -0.1) is 24.8 Å². The van der Waals surface area contributed by atoms with Crippen molar-refractivity contribution >= 4 is 42.3 Å². The molecule has 7 nitrogen and oxygen atoms in total. The predicted molar refractivity (Wildman–Crippen MR) is 110 cm³/mol. The Morgan fingerprint density at radius 1 is 1.11 bits per heavy atom. The van der Waals surface area contributed by atoms with E-state index < -0.39 is 6.04 Å². The third-order valence-electron chi connectivity index (χ3n) is 3.65. The second-order valence-electron chi connectivity index (χ2n) is 5.60. The first-order valence-corrected chi connectivity index (χ1v) is 7.87. The van der Waals surface area contributed by atoms with Crippen LogP contribution >= 0.6 is 24.8 Å². The number of carbonyl (C=O) groups excluding carboxylic acids is 2. The van der Waals surface area contributed by atoms with Gasteiger partial charge in [0.05, 0.1) is 12.6 Å². The monoisotopic (exact) mass is 414 g/mol. The topological polar surface area (TPSA) is 106 Å². The van der Waals surface area contributed by atoms with Crippen LogP contribution < -0.4 is 16.4 Å². The number of amides is 2. The van der Waals surface area contributed by atoms with Crippen molar-refractivity contribution in [3.05, 3.63) is 59.9 Å². The molecule has 2 unspecified atom stereocenters. The van der Waals surface area contributed by atoms with E-state index >= 15 is 0 Å². The first-order chi connectivity index (χ1) is 12.0. The highest BCUT2D eigenvalue weighted by Gasteiger charge is 2.16. The Bertz CT molecular complexity index is 714. The van der Waals surface area contributed by atoms with Crippen molar-refractivity contribution in [3.8, 4) is 0 Å². The van der Waals surface area contributed by atoms with E-state index in [2.05, 4.69) is 15.6 Å². The fourth-order valence-corrected chi connectivity index (χ4v) is 2.22. The molecule has 2 atom stereocenters. The van der Waals surface area contributed by atoms with Crippen LogP contribution in [0, 0.1) is 0 Å². The zero-order valence-corrected chi connectivity index (χ0v) is 16.7. The summed E-state index contributed by atoms with van der Waals surface area (Å²) >= 11 is 0. The molecule has 1 heterocycles. The Kier molecular flexibility index (Phi) is 11.2. The van der Waals surface area contributed by atoms with Gasteiger partial charge in [-0.25, -0.2) is 0 Å². The average molecular weight is 415 g/mol. The summed E-state index contributed by atoms with van der Waals surface area (Å²) < 4.78 is 4.87. The van der Waals surface area contributed by atoms with E-state index in [0.717, 1.165) is 5.56 Å². The maximum atomic E-state index is 12.1. The average Bonchev–Trinajstić information content (AvgIpc) is 2.63. The summed E-state index contributed by atoms with van der Waals surface area (Å²) in [5.41, 5.74) is 7.80. The predicted octanol–water partition coefficient (Wildman–Crippen LogP) is 2.33. The highest BCUT2D eigenvalue weighted by molar-refractivity contribution is 6.04. The summed E-state index contributed by atoms with van der Waals surface area (Å²) in [5.74, 6) is -0.480. The molecule has 2 amide bonds. The lowest BCUT2D eigenvalue weighted by Crippen LogP contribution is -2.44. The molecule has 0 saturated carbocycles. The van der Waals surface area contributed by atoms with E-state index in [1.54, 1.807) is 36.7 Å². The number of benzene rings is 1. The fourth-order valence-electron chi connectivity index (χ4n) is 2.22. The van der Waals surface area contributed by atoms with E-state index in [4.69, 9.17) is 10.5 Å². The van der Waals surface area contributed by atoms with Crippen molar-refractivity contribution in [3.63, 3.8) is 0 Å². The SMILES string of the molecule is COCC(N)C(=O)NC(C)c1ccc(NC(=O)c2ccncc2)cc1.Cl.Cl. The van der Waals surface area contributed by atoms with Crippen molar-refractivity contribution in [1.82, 2.24) is 10.3 Å². The van der Waals surface area contributed by atoms with Crippen LogP contribution in [0.1, 0.15) is 28.9 Å². The summed E-state index contributed by atoms with van der Waals surface area (Å²) in [7, 11) is 1.50. The summed E-state index contributed by atoms with van der Waals surface area (Å²) in [6.45, 7) is 2.03. The van der Waals surface area contributed by atoms with Crippen LogP contribution in [0.3, 0.4) is 0 Å². The van der Waals surface area contributed by atoms with Crippen molar-refractivity contribution in [2.45, 2.75) is 19.0 Å². The molecule has 0 aliphatic rings. The molecular formula is C18H24Cl2N4O3. The lowest BCUT2D eigenvalue weighted by molar-refractivity contribution is -0.124. The maximum absolute atomic E-state index is 12.1. The van der Waals surface area contributed by atoms with E-state index in [9.17, 15) is 9.59 Å². The number of halogens is 2. The second kappa shape index (κ2) is 12.2. The quantitative estimate of drug-likeness (QED) is 0.644. The third kappa shape index (κ3) is 7.52. The third-order valence-corrected chi connectivity index (χ3v) is 3.65. The number of nitrogens with zero attached hydrogens (tertiary/aromatic N) is 1. The molecule has 2 rings (SSSR count). The van der Waals surface area contributed by atoms with Crippen LogP contribution in [0.15, 0.2) is 48.8 Å². The maximum Gasteiger partial charge on any atom is 0.255 e. The second-order valence-corrected chi connectivity index (χ2v) is 5.60. The van der Waals surface area contributed by atoms with Gasteiger partial charge in [-0.2, -0.15) is 0 Å². The number of carbonyl (C=O) groups is 2. The molecule has 0 aliphatic carbocycles. The molecule has 0 spiro atoms. The first kappa shape index (κ1) is 24.8. The van der Waals surface area contributed by atoms with Gasteiger partial charge in [0.2, 0.25) is 5.91 Å². The van der Waals surface area contributed by atoms with Crippen LogP contribution in [0.5, 0.6) is 0 Å². The van der Waals surface area contributed by atoms with Gasteiger partial charge >= 0.3 is 0 Å². The van der Waals surface area contributed by atoms with Crippen molar-refractivity contribution < 1.29 is 14.3 Å². The van der Waals surface area contributed by atoms with Crippen LogP contribution in [-0.2, 0) is 9.53 Å². The van der Waals surface area contributed by atoms with Gasteiger partial charge in [0.15, 0.2) is 0 Å². The Hall–Kier alpha value is -2.19. The number of aromatic nitrogens is 1. The summed E-state index contributed by atoms with van der Waals surface area (Å²) in [6.07, 6.45) is 3.13. The fraction of sp³-hybridized carbons (Fsp3) is 0.278. The number of hydrogen-bond donors (Lipinski definition) is 3. The molecule has 0 fully saturated rings. The molecule has 1 aromatic heterocycles. The molecule has 1 aromatic carbocycles. The zero-order chi connectivity index (χ0) is 18.2. The van der Waals surface area contributed by atoms with Crippen LogP contribution in [0.25, 0.3) is 0 Å². The molecule has 27 heavy (non-hydrogen) atoms. The van der Waals surface area contributed by atoms with Gasteiger partial charge in [0, 0.05) is 30.8 Å². The van der Waals surface area contributed by atoms with Crippen molar-refractivity contribution in [1.29, 1.82) is 0 Å². The number of nitrogens with two attached hydrogens (primary N) is 1. The number of anilines is 1. The molecular weight excluding hydrogens is 391 g/mol. The van der Waals surface area contributed by atoms with Gasteiger partial charge in [-0.05, 0) is 36.8 Å². The van der Waals surface area contributed by atoms with Crippen LogP contribution in [0.4, 0.5) is 5.69 Å². The normalized spacial score (nSPS) is 12.0. The number of methoxy groups -OCH3 is 1. The molecule has 148 valence electrons. The first-order valence-electron chi connectivity index (χ1n) is 7.87. The molecule has 2 aromatic rings. The molecule has 0 saturated heterocycles. The van der Waals surface area contributed by atoms with Gasteiger partial charge < -0.3 is 21.1 Å². The molecule has 4 N–H and O–H groups in total. The smallest absolute Gasteiger partial charge is 0.255 e. The summed E-state index contributed by atoms with van der Waals surface area (Å²) in [5, 5.41) is 5.64. The van der Waals surface area contributed by atoms with E-state index in [-0.39, 0.29) is 49.3 Å². The van der Waals surface area contributed by atoms with Crippen LogP contribution in [-0.4, -0.2) is 36.6 Å². The lowest BCUT2D eigenvalue weighted by Gasteiger charge is -2.18. The summed E-state index contributed by atoms with van der Waals surface area (Å²) in [4.78, 5) is 27.9. The van der Waals surface area contributed by atoms with Gasteiger partial charge in [-0.1, -0.05) is 12.1 Å². The van der Waals surface area contributed by atoms with Crippen molar-refractivity contribution in [2.24, 2.45) is 5.73 Å². The minimum atomic E-state index is -0.702. The molecule has 0 bridgehead atoms. The summed E-state index contributed by atoms with van der Waals surface area (Å²) in [6, 6.07) is 9.63. The van der Waals surface area contributed by atoms with Crippen LogP contribution in [0.2, 0.25) is 0 Å². The molecule has 0 aliphatic heterocycles. The number of ether oxygens (including phenoxy) is 1. The van der Waals surface area contributed by atoms with E-state index in [0.29, 0.717) is 11.3 Å². The minimum absolute atomic E-state index is 0. The minimum Gasteiger partial charge on any atom is -0.383 e. The largest absolute Gasteiger partial charge is 0.383 e. The van der Waals surface area contributed by atoms with E-state index in [1.807, 2.05) is 19.1 Å². The molecule has 0 radical (unpaired) electrons. The number of pyridine rings is 1. The zero-order valence-electron chi connectivity index (χ0n) is 15.0.